The van der Waals surface area contributed by atoms with E-state index in [1.807, 2.05) is 6.07 Å². The highest BCUT2D eigenvalue weighted by molar-refractivity contribution is 8.13. The second kappa shape index (κ2) is 8.19. The van der Waals surface area contributed by atoms with Gasteiger partial charge < -0.3 is 15.0 Å². The molecule has 7 heteroatoms. The van der Waals surface area contributed by atoms with Crippen LogP contribution in [0.5, 0.6) is 0 Å². The zero-order chi connectivity index (χ0) is 17.7. The van der Waals surface area contributed by atoms with Gasteiger partial charge in [-0.2, -0.15) is 0 Å². The van der Waals surface area contributed by atoms with Crippen molar-refractivity contribution in [1.82, 2.24) is 10.2 Å². The van der Waals surface area contributed by atoms with E-state index in [9.17, 15) is 14.0 Å². The van der Waals surface area contributed by atoms with Crippen LogP contribution in [0.25, 0.3) is 0 Å². The Morgan fingerprint density at radius 1 is 1.36 bits per heavy atom. The number of thioether (sulfide) groups is 1. The highest BCUT2D eigenvalue weighted by Gasteiger charge is 2.35. The van der Waals surface area contributed by atoms with Crippen molar-refractivity contribution in [2.24, 2.45) is 0 Å². The summed E-state index contributed by atoms with van der Waals surface area (Å²) in [7, 11) is 0. The van der Waals surface area contributed by atoms with Crippen LogP contribution in [-0.2, 0) is 14.9 Å². The van der Waals surface area contributed by atoms with Crippen molar-refractivity contribution >= 4 is 22.9 Å². The number of rotatable bonds is 6. The standard InChI is InChI=1S/C18H23FN2O3S/c19-15-3-1-2-14(12-15)18(5-9-24-10-6-18)13-20-16(22)4-7-21-8-11-25-17(21)23/h1-3,12H,4-11,13H2,(H,20,22). The van der Waals surface area contributed by atoms with E-state index in [1.165, 1.54) is 17.8 Å². The molecule has 0 atom stereocenters. The third-order valence-electron chi connectivity index (χ3n) is 4.96. The van der Waals surface area contributed by atoms with E-state index in [0.29, 0.717) is 39.3 Å². The molecule has 25 heavy (non-hydrogen) atoms. The lowest BCUT2D eigenvalue weighted by molar-refractivity contribution is -0.121. The Hall–Kier alpha value is -1.60. The number of nitrogens with zero attached hydrogens (tertiary/aromatic N) is 1. The largest absolute Gasteiger partial charge is 0.381 e. The summed E-state index contributed by atoms with van der Waals surface area (Å²) in [5, 5.41) is 3.04. The van der Waals surface area contributed by atoms with E-state index >= 15 is 0 Å². The second-order valence-corrected chi connectivity index (χ2v) is 7.58. The Bertz CT molecular complexity index is 635. The number of benzene rings is 1. The molecule has 1 aromatic carbocycles. The maximum Gasteiger partial charge on any atom is 0.281 e. The summed E-state index contributed by atoms with van der Waals surface area (Å²) in [4.78, 5) is 25.5. The molecule has 0 unspecified atom stereocenters. The minimum absolute atomic E-state index is 0.0495. The summed E-state index contributed by atoms with van der Waals surface area (Å²) >= 11 is 1.30. The summed E-state index contributed by atoms with van der Waals surface area (Å²) in [6.45, 7) is 2.83. The quantitative estimate of drug-likeness (QED) is 0.841. The number of hydrogen-bond acceptors (Lipinski definition) is 4. The predicted octanol–water partition coefficient (Wildman–Crippen LogP) is 2.55. The molecule has 2 aliphatic heterocycles. The van der Waals surface area contributed by atoms with E-state index < -0.39 is 0 Å². The van der Waals surface area contributed by atoms with E-state index in [1.54, 1.807) is 17.0 Å². The number of carbonyl (C=O) groups excluding carboxylic acids is 2. The molecule has 2 fully saturated rings. The molecular formula is C18H23FN2O3S. The van der Waals surface area contributed by atoms with Crippen molar-refractivity contribution in [1.29, 1.82) is 0 Å². The lowest BCUT2D eigenvalue weighted by Gasteiger charge is -2.38. The molecule has 1 N–H and O–H groups in total. The first kappa shape index (κ1) is 18.2. The fraction of sp³-hybridized carbons (Fsp3) is 0.556. The Labute approximate surface area is 151 Å². The normalized spacial score (nSPS) is 19.9. The van der Waals surface area contributed by atoms with Crippen LogP contribution >= 0.6 is 11.8 Å². The Morgan fingerprint density at radius 2 is 2.16 bits per heavy atom. The van der Waals surface area contributed by atoms with Crippen LogP contribution in [0.3, 0.4) is 0 Å². The van der Waals surface area contributed by atoms with Crippen LogP contribution < -0.4 is 5.32 Å². The van der Waals surface area contributed by atoms with Crippen LogP contribution in [0, 0.1) is 5.82 Å². The van der Waals surface area contributed by atoms with Crippen LogP contribution in [0.1, 0.15) is 24.8 Å². The van der Waals surface area contributed by atoms with Gasteiger partial charge in [-0.25, -0.2) is 4.39 Å². The zero-order valence-corrected chi connectivity index (χ0v) is 14.9. The van der Waals surface area contributed by atoms with E-state index in [4.69, 9.17) is 4.74 Å². The van der Waals surface area contributed by atoms with Gasteiger partial charge in [-0.05, 0) is 30.5 Å². The number of halogens is 1. The van der Waals surface area contributed by atoms with Crippen molar-refractivity contribution in [2.75, 3.05) is 38.6 Å². The molecule has 1 aromatic rings. The van der Waals surface area contributed by atoms with Crippen LogP contribution in [-0.4, -0.2) is 54.6 Å². The lowest BCUT2D eigenvalue weighted by Crippen LogP contribution is -2.45. The Kier molecular flexibility index (Phi) is 5.96. The number of ether oxygens (including phenoxy) is 1. The minimum Gasteiger partial charge on any atom is -0.381 e. The summed E-state index contributed by atoms with van der Waals surface area (Å²) in [5.41, 5.74) is 0.609. The first-order valence-corrected chi connectivity index (χ1v) is 9.60. The monoisotopic (exact) mass is 366 g/mol. The van der Waals surface area contributed by atoms with Gasteiger partial charge in [-0.3, -0.25) is 9.59 Å². The maximum absolute atomic E-state index is 13.7. The predicted molar refractivity (Wildman–Crippen MR) is 95.2 cm³/mol. The van der Waals surface area contributed by atoms with E-state index in [2.05, 4.69) is 5.32 Å². The molecule has 5 nitrogen and oxygen atoms in total. The van der Waals surface area contributed by atoms with Gasteiger partial charge in [0.1, 0.15) is 5.82 Å². The first-order chi connectivity index (χ1) is 12.1. The molecule has 2 amide bonds. The molecule has 2 aliphatic rings. The van der Waals surface area contributed by atoms with Gasteiger partial charge in [0.25, 0.3) is 5.24 Å². The number of hydrogen-bond donors (Lipinski definition) is 1. The second-order valence-electron chi connectivity index (χ2n) is 6.53. The molecule has 0 bridgehead atoms. The lowest BCUT2D eigenvalue weighted by atomic mass is 9.74. The number of amides is 2. The van der Waals surface area contributed by atoms with Crippen LogP contribution in [0.4, 0.5) is 9.18 Å². The van der Waals surface area contributed by atoms with Gasteiger partial charge in [0.15, 0.2) is 0 Å². The molecule has 2 saturated heterocycles. The SMILES string of the molecule is O=C(CCN1CCSC1=O)NCC1(c2cccc(F)c2)CCOCC1. The molecule has 0 aliphatic carbocycles. The fourth-order valence-corrected chi connectivity index (χ4v) is 4.22. The first-order valence-electron chi connectivity index (χ1n) is 8.61. The van der Waals surface area contributed by atoms with Gasteiger partial charge in [-0.1, -0.05) is 23.9 Å². The molecule has 2 heterocycles. The third-order valence-corrected chi connectivity index (χ3v) is 5.86. The molecule has 0 aromatic heterocycles. The van der Waals surface area contributed by atoms with Gasteiger partial charge in [0, 0.05) is 50.4 Å². The van der Waals surface area contributed by atoms with Crippen molar-refractivity contribution < 1.29 is 18.7 Å². The van der Waals surface area contributed by atoms with Crippen LogP contribution in [0.15, 0.2) is 24.3 Å². The Morgan fingerprint density at radius 3 is 2.84 bits per heavy atom. The van der Waals surface area contributed by atoms with E-state index in [0.717, 1.165) is 24.2 Å². The van der Waals surface area contributed by atoms with Crippen LogP contribution in [0.2, 0.25) is 0 Å². The van der Waals surface area contributed by atoms with Gasteiger partial charge in [0.05, 0.1) is 0 Å². The molecule has 0 spiro atoms. The number of carbonyl (C=O) groups is 2. The van der Waals surface area contributed by atoms with Gasteiger partial charge in [-0.15, -0.1) is 0 Å². The summed E-state index contributed by atoms with van der Waals surface area (Å²) in [5.74, 6) is 0.454. The molecular weight excluding hydrogens is 343 g/mol. The highest BCUT2D eigenvalue weighted by Crippen LogP contribution is 2.34. The summed E-state index contributed by atoms with van der Waals surface area (Å²) in [6, 6.07) is 6.61. The Balaban J connectivity index is 1.59. The summed E-state index contributed by atoms with van der Waals surface area (Å²) in [6.07, 6.45) is 1.79. The smallest absolute Gasteiger partial charge is 0.281 e. The average Bonchev–Trinajstić information content (AvgIpc) is 3.04. The van der Waals surface area contributed by atoms with Crippen molar-refractivity contribution in [3.8, 4) is 0 Å². The maximum atomic E-state index is 13.7. The van der Waals surface area contributed by atoms with Gasteiger partial charge in [0.2, 0.25) is 5.91 Å². The highest BCUT2D eigenvalue weighted by atomic mass is 32.2. The average molecular weight is 366 g/mol. The molecule has 136 valence electrons. The van der Waals surface area contributed by atoms with Crippen molar-refractivity contribution in [3.05, 3.63) is 35.6 Å². The molecule has 0 saturated carbocycles. The molecule has 3 rings (SSSR count). The topological polar surface area (TPSA) is 58.6 Å². The fourth-order valence-electron chi connectivity index (χ4n) is 3.37. The van der Waals surface area contributed by atoms with Crippen molar-refractivity contribution in [3.63, 3.8) is 0 Å². The molecule has 0 radical (unpaired) electrons. The number of nitrogens with one attached hydrogen (secondary N) is 1. The zero-order valence-electron chi connectivity index (χ0n) is 14.1. The van der Waals surface area contributed by atoms with Crippen molar-refractivity contribution in [2.45, 2.75) is 24.7 Å². The summed E-state index contributed by atoms with van der Waals surface area (Å²) < 4.78 is 19.1. The van der Waals surface area contributed by atoms with Gasteiger partial charge >= 0.3 is 0 Å². The van der Waals surface area contributed by atoms with E-state index in [-0.39, 0.29) is 22.4 Å². The minimum atomic E-state index is -0.296. The third kappa shape index (κ3) is 4.52.